The number of fused-ring (bicyclic) bond motifs is 1. The number of aromatic nitrogens is 1. The van der Waals surface area contributed by atoms with Crippen LogP contribution in [0.5, 0.6) is 0 Å². The molecule has 1 heterocycles. The summed E-state index contributed by atoms with van der Waals surface area (Å²) < 4.78 is 0. The van der Waals surface area contributed by atoms with E-state index in [0.717, 1.165) is 29.8 Å². The van der Waals surface area contributed by atoms with Crippen molar-refractivity contribution in [1.29, 1.82) is 0 Å². The van der Waals surface area contributed by atoms with Gasteiger partial charge >= 0.3 is 5.97 Å². The zero-order chi connectivity index (χ0) is 14.2. The minimum Gasteiger partial charge on any atom is -0.480 e. The number of hydrogen-bond acceptors (Lipinski definition) is 3. The molecule has 0 bridgehead atoms. The van der Waals surface area contributed by atoms with Crippen LogP contribution in [0.4, 0.5) is 0 Å². The van der Waals surface area contributed by atoms with Gasteiger partial charge in [-0.05, 0) is 25.3 Å². The molecule has 1 aromatic carbocycles. The Labute approximate surface area is 117 Å². The number of hydrogen-bond donors (Lipinski definition) is 2. The number of carboxylic acid groups (broad SMARTS) is 1. The molecule has 0 fully saturated rings. The number of aliphatic carboxylic acids is 1. The van der Waals surface area contributed by atoms with Gasteiger partial charge in [-0.3, -0.25) is 4.98 Å². The molecule has 4 nitrogen and oxygen atoms in total. The summed E-state index contributed by atoms with van der Waals surface area (Å²) >= 11 is 0. The second kappa shape index (κ2) is 4.72. The monoisotopic (exact) mass is 268 g/mol. The van der Waals surface area contributed by atoms with Crippen LogP contribution in [0.25, 0.3) is 11.3 Å². The fraction of sp³-hybridized carbons (Fsp3) is 0.250. The van der Waals surface area contributed by atoms with Crippen molar-refractivity contribution in [3.05, 3.63) is 53.7 Å². The van der Waals surface area contributed by atoms with Crippen LogP contribution >= 0.6 is 0 Å². The van der Waals surface area contributed by atoms with E-state index in [1.807, 2.05) is 42.5 Å². The molecule has 20 heavy (non-hydrogen) atoms. The number of nitrogens with zero attached hydrogens (tertiary/aromatic N) is 1. The van der Waals surface area contributed by atoms with Crippen LogP contribution in [0.15, 0.2) is 42.5 Å². The SMILES string of the molecule is NC1(C(=O)O)CCCc2nc(-c3ccccc3)ccc21. The number of nitrogens with two attached hydrogens (primary N) is 1. The van der Waals surface area contributed by atoms with Crippen molar-refractivity contribution in [3.8, 4) is 11.3 Å². The van der Waals surface area contributed by atoms with E-state index >= 15 is 0 Å². The maximum Gasteiger partial charge on any atom is 0.328 e. The topological polar surface area (TPSA) is 76.2 Å². The molecule has 3 N–H and O–H groups in total. The molecule has 1 atom stereocenters. The Hall–Kier alpha value is -2.20. The van der Waals surface area contributed by atoms with Crippen molar-refractivity contribution in [2.45, 2.75) is 24.8 Å². The van der Waals surface area contributed by atoms with Crippen molar-refractivity contribution < 1.29 is 9.90 Å². The highest BCUT2D eigenvalue weighted by Crippen LogP contribution is 2.34. The van der Waals surface area contributed by atoms with Gasteiger partial charge in [-0.2, -0.15) is 0 Å². The average Bonchev–Trinajstić information content (AvgIpc) is 2.48. The van der Waals surface area contributed by atoms with E-state index in [9.17, 15) is 9.90 Å². The van der Waals surface area contributed by atoms with Crippen LogP contribution in [0.1, 0.15) is 24.1 Å². The van der Waals surface area contributed by atoms with Gasteiger partial charge in [0.1, 0.15) is 5.54 Å². The summed E-state index contributed by atoms with van der Waals surface area (Å²) in [6.45, 7) is 0. The van der Waals surface area contributed by atoms with Crippen molar-refractivity contribution in [2.75, 3.05) is 0 Å². The molecule has 0 amide bonds. The highest BCUT2D eigenvalue weighted by molar-refractivity contribution is 5.81. The van der Waals surface area contributed by atoms with Crippen LogP contribution in [0.2, 0.25) is 0 Å². The zero-order valence-corrected chi connectivity index (χ0v) is 11.0. The molecule has 0 saturated carbocycles. The first kappa shape index (κ1) is 12.8. The summed E-state index contributed by atoms with van der Waals surface area (Å²) in [5, 5.41) is 9.38. The molecule has 1 aliphatic rings. The lowest BCUT2D eigenvalue weighted by Crippen LogP contribution is -2.47. The van der Waals surface area contributed by atoms with Gasteiger partial charge in [0.25, 0.3) is 0 Å². The Morgan fingerprint density at radius 1 is 1.20 bits per heavy atom. The van der Waals surface area contributed by atoms with E-state index in [2.05, 4.69) is 4.98 Å². The van der Waals surface area contributed by atoms with Crippen molar-refractivity contribution in [3.63, 3.8) is 0 Å². The molecule has 1 unspecified atom stereocenters. The third-order valence-corrected chi connectivity index (χ3v) is 3.89. The number of pyridine rings is 1. The number of carboxylic acids is 1. The Morgan fingerprint density at radius 2 is 1.95 bits per heavy atom. The summed E-state index contributed by atoms with van der Waals surface area (Å²) in [7, 11) is 0. The largest absolute Gasteiger partial charge is 0.480 e. The van der Waals surface area contributed by atoms with E-state index < -0.39 is 11.5 Å². The minimum absolute atomic E-state index is 0.460. The van der Waals surface area contributed by atoms with E-state index in [1.165, 1.54) is 0 Å². The predicted molar refractivity (Wildman–Crippen MR) is 76.1 cm³/mol. The van der Waals surface area contributed by atoms with Gasteiger partial charge in [-0.25, -0.2) is 4.79 Å². The Bertz CT molecular complexity index is 655. The van der Waals surface area contributed by atoms with Crippen LogP contribution in [-0.4, -0.2) is 16.1 Å². The second-order valence-electron chi connectivity index (χ2n) is 5.19. The molecule has 3 rings (SSSR count). The zero-order valence-electron chi connectivity index (χ0n) is 11.0. The first-order valence-corrected chi connectivity index (χ1v) is 6.69. The van der Waals surface area contributed by atoms with Gasteiger partial charge in [0.05, 0.1) is 5.69 Å². The first-order valence-electron chi connectivity index (χ1n) is 6.69. The molecule has 102 valence electrons. The number of carbonyl (C=O) groups is 1. The molecule has 0 aliphatic heterocycles. The lowest BCUT2D eigenvalue weighted by molar-refractivity contribution is -0.144. The Balaban J connectivity index is 2.08. The van der Waals surface area contributed by atoms with Crippen LogP contribution in [0, 0.1) is 0 Å². The Kier molecular flexibility index (Phi) is 3.03. The van der Waals surface area contributed by atoms with Gasteiger partial charge < -0.3 is 10.8 Å². The quantitative estimate of drug-likeness (QED) is 0.876. The summed E-state index contributed by atoms with van der Waals surface area (Å²) in [6, 6.07) is 13.5. The van der Waals surface area contributed by atoms with Crippen LogP contribution in [-0.2, 0) is 16.8 Å². The lowest BCUT2D eigenvalue weighted by atomic mass is 9.79. The third-order valence-electron chi connectivity index (χ3n) is 3.89. The van der Waals surface area contributed by atoms with Crippen LogP contribution < -0.4 is 5.73 Å². The molecule has 1 aromatic heterocycles. The minimum atomic E-state index is -1.30. The van der Waals surface area contributed by atoms with Gasteiger partial charge in [0, 0.05) is 16.8 Å². The fourth-order valence-corrected chi connectivity index (χ4v) is 2.76. The number of rotatable bonds is 2. The first-order chi connectivity index (χ1) is 9.61. The smallest absolute Gasteiger partial charge is 0.328 e. The highest BCUT2D eigenvalue weighted by Gasteiger charge is 2.40. The molecular formula is C16H16N2O2. The maximum absolute atomic E-state index is 11.4. The van der Waals surface area contributed by atoms with Gasteiger partial charge in [-0.15, -0.1) is 0 Å². The summed E-state index contributed by atoms with van der Waals surface area (Å²) in [6.07, 6.45) is 1.99. The van der Waals surface area contributed by atoms with E-state index in [-0.39, 0.29) is 0 Å². The van der Waals surface area contributed by atoms with E-state index in [4.69, 9.17) is 5.73 Å². The third kappa shape index (κ3) is 1.98. The predicted octanol–water partition coefficient (Wildman–Crippen LogP) is 2.32. The van der Waals surface area contributed by atoms with Crippen molar-refractivity contribution >= 4 is 5.97 Å². The standard InChI is InChI=1S/C16H16N2O2/c17-16(15(19)20)10-4-7-14-12(16)8-9-13(18-14)11-5-2-1-3-6-11/h1-3,5-6,8-9H,4,7,10,17H2,(H,19,20). The molecule has 0 saturated heterocycles. The average molecular weight is 268 g/mol. The highest BCUT2D eigenvalue weighted by atomic mass is 16.4. The number of aryl methyl sites for hydroxylation is 1. The summed E-state index contributed by atoms with van der Waals surface area (Å²) in [4.78, 5) is 16.1. The number of benzene rings is 1. The van der Waals surface area contributed by atoms with Crippen LogP contribution in [0.3, 0.4) is 0 Å². The normalized spacial score (nSPS) is 21.2. The molecule has 0 radical (unpaired) electrons. The summed E-state index contributed by atoms with van der Waals surface area (Å²) in [5.74, 6) is -0.979. The maximum atomic E-state index is 11.4. The molecular weight excluding hydrogens is 252 g/mol. The second-order valence-corrected chi connectivity index (χ2v) is 5.19. The molecule has 2 aromatic rings. The van der Waals surface area contributed by atoms with E-state index in [1.54, 1.807) is 0 Å². The van der Waals surface area contributed by atoms with Crippen molar-refractivity contribution in [1.82, 2.24) is 4.98 Å². The van der Waals surface area contributed by atoms with E-state index in [0.29, 0.717) is 12.0 Å². The van der Waals surface area contributed by atoms with Gasteiger partial charge in [-0.1, -0.05) is 36.4 Å². The molecule has 4 heteroatoms. The van der Waals surface area contributed by atoms with Gasteiger partial charge in [0.2, 0.25) is 0 Å². The molecule has 1 aliphatic carbocycles. The van der Waals surface area contributed by atoms with Gasteiger partial charge in [0.15, 0.2) is 0 Å². The molecule has 0 spiro atoms. The lowest BCUT2D eigenvalue weighted by Gasteiger charge is -2.31. The van der Waals surface area contributed by atoms with Crippen molar-refractivity contribution in [2.24, 2.45) is 5.73 Å². The summed E-state index contributed by atoms with van der Waals surface area (Å²) in [5.41, 5.74) is 8.11. The Morgan fingerprint density at radius 3 is 2.65 bits per heavy atom. The fourth-order valence-electron chi connectivity index (χ4n) is 2.76.